The molecule has 0 aromatic carbocycles. The van der Waals surface area contributed by atoms with Gasteiger partial charge in [0.2, 0.25) is 0 Å². The second-order valence-corrected chi connectivity index (χ2v) is 5.27. The van der Waals surface area contributed by atoms with Crippen molar-refractivity contribution in [2.45, 2.75) is 46.3 Å². The lowest BCUT2D eigenvalue weighted by atomic mass is 10.1. The van der Waals surface area contributed by atoms with E-state index < -0.39 is 0 Å². The van der Waals surface area contributed by atoms with Gasteiger partial charge in [0.25, 0.3) is 0 Å². The Kier molecular flexibility index (Phi) is 4.24. The van der Waals surface area contributed by atoms with Crippen LogP contribution in [0.3, 0.4) is 0 Å². The van der Waals surface area contributed by atoms with Crippen molar-refractivity contribution in [3.63, 3.8) is 0 Å². The first-order chi connectivity index (χ1) is 8.20. The average Bonchev–Trinajstić information content (AvgIpc) is 2.84. The maximum atomic E-state index is 5.55. The molecule has 3 nitrogen and oxygen atoms in total. The van der Waals surface area contributed by atoms with E-state index in [9.17, 15) is 0 Å². The summed E-state index contributed by atoms with van der Waals surface area (Å²) in [6.07, 6.45) is 3.13. The summed E-state index contributed by atoms with van der Waals surface area (Å²) in [5.74, 6) is 1.92. The molecule has 3 heteroatoms. The first-order valence-electron chi connectivity index (χ1n) is 6.70. The monoisotopic (exact) mass is 236 g/mol. The lowest BCUT2D eigenvalue weighted by Crippen LogP contribution is -2.27. The standard InChI is InChI=1S/C14H24N2O/c1-4-15-8-14-13(5-6-17-14)10-16-9-11(2)7-12(16)3/h5-6,11-12,15H,4,7-10H2,1-3H3. The van der Waals surface area contributed by atoms with Gasteiger partial charge in [-0.3, -0.25) is 4.90 Å². The molecular weight excluding hydrogens is 212 g/mol. The number of likely N-dealkylation sites (tertiary alicyclic amines) is 1. The van der Waals surface area contributed by atoms with Crippen molar-refractivity contribution in [1.29, 1.82) is 0 Å². The van der Waals surface area contributed by atoms with E-state index in [1.165, 1.54) is 18.5 Å². The minimum Gasteiger partial charge on any atom is -0.468 e. The molecule has 1 fully saturated rings. The van der Waals surface area contributed by atoms with E-state index >= 15 is 0 Å². The highest BCUT2D eigenvalue weighted by Crippen LogP contribution is 2.25. The van der Waals surface area contributed by atoms with Gasteiger partial charge in [-0.1, -0.05) is 13.8 Å². The molecule has 1 N–H and O–H groups in total. The van der Waals surface area contributed by atoms with E-state index in [1.54, 1.807) is 0 Å². The number of furan rings is 1. The van der Waals surface area contributed by atoms with Crippen molar-refractivity contribution >= 4 is 0 Å². The molecule has 2 unspecified atom stereocenters. The summed E-state index contributed by atoms with van der Waals surface area (Å²) in [5.41, 5.74) is 1.34. The normalized spacial score (nSPS) is 25.6. The minimum absolute atomic E-state index is 0.701. The highest BCUT2D eigenvalue weighted by atomic mass is 16.3. The number of rotatable bonds is 5. The average molecular weight is 236 g/mol. The molecule has 17 heavy (non-hydrogen) atoms. The fourth-order valence-corrected chi connectivity index (χ4v) is 2.73. The Balaban J connectivity index is 1.96. The van der Waals surface area contributed by atoms with E-state index in [2.05, 4.69) is 37.1 Å². The van der Waals surface area contributed by atoms with Gasteiger partial charge in [-0.2, -0.15) is 0 Å². The second-order valence-electron chi connectivity index (χ2n) is 5.27. The van der Waals surface area contributed by atoms with E-state index in [4.69, 9.17) is 4.42 Å². The van der Waals surface area contributed by atoms with Crippen molar-refractivity contribution in [3.8, 4) is 0 Å². The maximum Gasteiger partial charge on any atom is 0.122 e. The Morgan fingerprint density at radius 2 is 2.29 bits per heavy atom. The van der Waals surface area contributed by atoms with Crippen LogP contribution in [0.4, 0.5) is 0 Å². The van der Waals surface area contributed by atoms with E-state index in [1.807, 2.05) is 6.26 Å². The molecule has 0 spiro atoms. The summed E-state index contributed by atoms with van der Waals surface area (Å²) in [5, 5.41) is 3.32. The molecule has 0 bridgehead atoms. The fraction of sp³-hybridized carbons (Fsp3) is 0.714. The van der Waals surface area contributed by atoms with Crippen LogP contribution in [0.5, 0.6) is 0 Å². The number of hydrogen-bond donors (Lipinski definition) is 1. The largest absolute Gasteiger partial charge is 0.468 e. The third-order valence-corrected chi connectivity index (χ3v) is 3.66. The first kappa shape index (κ1) is 12.7. The number of nitrogens with zero attached hydrogens (tertiary/aromatic N) is 1. The highest BCUT2D eigenvalue weighted by Gasteiger charge is 2.26. The Labute approximate surface area is 104 Å². The zero-order valence-corrected chi connectivity index (χ0v) is 11.2. The molecule has 2 heterocycles. The van der Waals surface area contributed by atoms with E-state index in [0.29, 0.717) is 6.04 Å². The van der Waals surface area contributed by atoms with E-state index in [-0.39, 0.29) is 0 Å². The summed E-state index contributed by atoms with van der Waals surface area (Å²) >= 11 is 0. The number of hydrogen-bond acceptors (Lipinski definition) is 3. The van der Waals surface area contributed by atoms with Crippen molar-refractivity contribution in [1.82, 2.24) is 10.2 Å². The Bertz CT molecular complexity index is 348. The molecule has 1 aromatic heterocycles. The molecular formula is C14H24N2O. The molecule has 1 saturated heterocycles. The van der Waals surface area contributed by atoms with Gasteiger partial charge >= 0.3 is 0 Å². The summed E-state index contributed by atoms with van der Waals surface area (Å²) in [6, 6.07) is 2.81. The van der Waals surface area contributed by atoms with Crippen molar-refractivity contribution in [3.05, 3.63) is 23.7 Å². The van der Waals surface area contributed by atoms with Gasteiger partial charge in [0.1, 0.15) is 5.76 Å². The van der Waals surface area contributed by atoms with Gasteiger partial charge < -0.3 is 9.73 Å². The highest BCUT2D eigenvalue weighted by molar-refractivity contribution is 5.17. The topological polar surface area (TPSA) is 28.4 Å². The predicted octanol–water partition coefficient (Wildman–Crippen LogP) is 2.62. The quantitative estimate of drug-likeness (QED) is 0.852. The third kappa shape index (κ3) is 3.11. The molecule has 0 amide bonds. The Hall–Kier alpha value is -0.800. The first-order valence-corrected chi connectivity index (χ1v) is 6.70. The molecule has 0 radical (unpaired) electrons. The molecule has 2 atom stereocenters. The third-order valence-electron chi connectivity index (χ3n) is 3.66. The SMILES string of the molecule is CCNCc1occc1CN1CC(C)CC1C. The van der Waals surface area contributed by atoms with E-state index in [0.717, 1.165) is 31.3 Å². The van der Waals surface area contributed by atoms with Gasteiger partial charge in [-0.25, -0.2) is 0 Å². The molecule has 1 aromatic rings. The summed E-state index contributed by atoms with van der Waals surface area (Å²) in [6.45, 7) is 10.9. The summed E-state index contributed by atoms with van der Waals surface area (Å²) in [4.78, 5) is 2.56. The van der Waals surface area contributed by atoms with Gasteiger partial charge in [0, 0.05) is 24.7 Å². The zero-order chi connectivity index (χ0) is 12.3. The van der Waals surface area contributed by atoms with Crippen molar-refractivity contribution in [2.75, 3.05) is 13.1 Å². The van der Waals surface area contributed by atoms with Crippen LogP contribution in [0.25, 0.3) is 0 Å². The van der Waals surface area contributed by atoms with Crippen LogP contribution in [-0.2, 0) is 13.1 Å². The predicted molar refractivity (Wildman–Crippen MR) is 69.7 cm³/mol. The van der Waals surface area contributed by atoms with Crippen molar-refractivity contribution < 1.29 is 4.42 Å². The Morgan fingerprint density at radius 1 is 1.47 bits per heavy atom. The zero-order valence-electron chi connectivity index (χ0n) is 11.2. The van der Waals surface area contributed by atoms with Gasteiger partial charge in [0.05, 0.1) is 12.8 Å². The van der Waals surface area contributed by atoms with Gasteiger partial charge in [-0.05, 0) is 31.9 Å². The summed E-state index contributed by atoms with van der Waals surface area (Å²) in [7, 11) is 0. The molecule has 0 aliphatic carbocycles. The van der Waals surface area contributed by atoms with Crippen LogP contribution in [0.1, 0.15) is 38.5 Å². The van der Waals surface area contributed by atoms with Gasteiger partial charge in [0.15, 0.2) is 0 Å². The van der Waals surface area contributed by atoms with Crippen LogP contribution in [0.2, 0.25) is 0 Å². The van der Waals surface area contributed by atoms with Crippen LogP contribution in [0, 0.1) is 5.92 Å². The fourth-order valence-electron chi connectivity index (χ4n) is 2.73. The summed E-state index contributed by atoms with van der Waals surface area (Å²) < 4.78 is 5.55. The maximum absolute atomic E-state index is 5.55. The smallest absolute Gasteiger partial charge is 0.122 e. The minimum atomic E-state index is 0.701. The molecule has 1 aliphatic heterocycles. The lowest BCUT2D eigenvalue weighted by Gasteiger charge is -2.20. The lowest BCUT2D eigenvalue weighted by molar-refractivity contribution is 0.254. The number of nitrogens with one attached hydrogen (secondary N) is 1. The Morgan fingerprint density at radius 3 is 2.94 bits per heavy atom. The van der Waals surface area contributed by atoms with Crippen LogP contribution in [0.15, 0.2) is 16.7 Å². The second kappa shape index (κ2) is 5.69. The molecule has 96 valence electrons. The van der Waals surface area contributed by atoms with Crippen LogP contribution < -0.4 is 5.32 Å². The molecule has 2 rings (SSSR count). The molecule has 1 aliphatic rings. The van der Waals surface area contributed by atoms with Crippen molar-refractivity contribution in [2.24, 2.45) is 5.92 Å². The van der Waals surface area contributed by atoms with Crippen LogP contribution in [-0.4, -0.2) is 24.0 Å². The van der Waals surface area contributed by atoms with Crippen LogP contribution >= 0.6 is 0 Å². The van der Waals surface area contributed by atoms with Gasteiger partial charge in [-0.15, -0.1) is 0 Å². The molecule has 0 saturated carbocycles.